The van der Waals surface area contributed by atoms with Gasteiger partial charge in [-0.1, -0.05) is 0 Å². The Morgan fingerprint density at radius 2 is 1.36 bits per heavy atom. The van der Waals surface area contributed by atoms with Crippen molar-refractivity contribution in [3.8, 4) is 0 Å². The topological polar surface area (TPSA) is 54.0 Å². The van der Waals surface area contributed by atoms with E-state index in [1.807, 2.05) is 0 Å². The quantitative estimate of drug-likeness (QED) is 0.513. The molecule has 0 aromatic heterocycles. The van der Waals surface area contributed by atoms with E-state index in [-0.39, 0.29) is 18.2 Å². The number of carbonyl (C=O) groups is 1. The number of hydrogen-bond donors (Lipinski definition) is 0. The van der Waals surface area contributed by atoms with Crippen LogP contribution in [0.15, 0.2) is 0 Å². The number of ether oxygens (including phenoxy) is 1. The molecule has 3 atom stereocenters. The van der Waals surface area contributed by atoms with Crippen LogP contribution in [0.4, 0.5) is 0 Å². The maximum absolute atomic E-state index is 12.2. The zero-order chi connectivity index (χ0) is 17.3. The van der Waals surface area contributed by atoms with Gasteiger partial charge in [-0.3, -0.25) is 0 Å². The Morgan fingerprint density at radius 1 is 0.864 bits per heavy atom. The second-order valence-corrected chi connectivity index (χ2v) is 22.2. The lowest BCUT2D eigenvalue weighted by Gasteiger charge is -2.32. The predicted molar refractivity (Wildman–Crippen MR) is 95.6 cm³/mol. The molecule has 0 spiro atoms. The van der Waals surface area contributed by atoms with Crippen LogP contribution in [0.5, 0.6) is 0 Å². The van der Waals surface area contributed by atoms with Gasteiger partial charge in [-0.2, -0.15) is 0 Å². The van der Waals surface area contributed by atoms with Crippen molar-refractivity contribution in [3.05, 3.63) is 0 Å². The van der Waals surface area contributed by atoms with Crippen molar-refractivity contribution < 1.29 is 22.8 Å². The first-order chi connectivity index (χ1) is 9.68. The number of rotatable bonds is 7. The molecule has 0 unspecified atom stereocenters. The van der Waals surface area contributed by atoms with E-state index in [1.54, 1.807) is 0 Å². The molecular formula is C14H32O5Si3. The molecular weight excluding hydrogens is 332 g/mol. The molecule has 1 rings (SSSR count). The van der Waals surface area contributed by atoms with Crippen LogP contribution in [-0.4, -0.2) is 55.8 Å². The summed E-state index contributed by atoms with van der Waals surface area (Å²) in [5.74, 6) is -0.310. The van der Waals surface area contributed by atoms with Gasteiger partial charge in [-0.15, -0.1) is 0 Å². The first kappa shape index (κ1) is 20.0. The summed E-state index contributed by atoms with van der Waals surface area (Å²) in [7, 11) is -5.37. The van der Waals surface area contributed by atoms with Gasteiger partial charge in [-0.05, 0) is 58.9 Å². The van der Waals surface area contributed by atoms with Gasteiger partial charge in [-0.25, -0.2) is 4.79 Å². The standard InChI is InChI=1S/C14H32O5Si3/c1-20(2,3)16-10-11-12(18-21(4,5)6)13(14(15)17-11)19-22(7,8)9/h11-13H,10H2,1-9H3/t11-,12-,13+/m0/s1. The third kappa shape index (κ3) is 7.05. The van der Waals surface area contributed by atoms with Crippen LogP contribution < -0.4 is 0 Å². The van der Waals surface area contributed by atoms with Crippen LogP contribution in [0, 0.1) is 0 Å². The zero-order valence-corrected chi connectivity index (χ0v) is 18.5. The largest absolute Gasteiger partial charge is 0.455 e. The molecule has 0 radical (unpaired) electrons. The molecule has 130 valence electrons. The number of carbonyl (C=O) groups excluding carboxylic acids is 1. The van der Waals surface area contributed by atoms with E-state index in [0.717, 1.165) is 0 Å². The molecule has 1 aliphatic rings. The van der Waals surface area contributed by atoms with Crippen LogP contribution in [-0.2, 0) is 22.8 Å². The van der Waals surface area contributed by atoms with Crippen molar-refractivity contribution in [2.75, 3.05) is 6.61 Å². The molecule has 1 saturated heterocycles. The Morgan fingerprint density at radius 3 is 1.77 bits per heavy atom. The van der Waals surface area contributed by atoms with Crippen molar-refractivity contribution in [2.24, 2.45) is 0 Å². The molecule has 22 heavy (non-hydrogen) atoms. The minimum Gasteiger partial charge on any atom is -0.455 e. The van der Waals surface area contributed by atoms with Gasteiger partial charge in [0.1, 0.15) is 6.10 Å². The van der Waals surface area contributed by atoms with E-state index in [0.29, 0.717) is 6.61 Å². The molecule has 8 heteroatoms. The third-order valence-electron chi connectivity index (χ3n) is 2.82. The van der Waals surface area contributed by atoms with Crippen LogP contribution in [0.3, 0.4) is 0 Å². The molecule has 0 N–H and O–H groups in total. The number of hydrogen-bond acceptors (Lipinski definition) is 5. The van der Waals surface area contributed by atoms with E-state index >= 15 is 0 Å². The molecule has 1 fully saturated rings. The van der Waals surface area contributed by atoms with E-state index in [4.69, 9.17) is 18.0 Å². The van der Waals surface area contributed by atoms with Crippen molar-refractivity contribution in [3.63, 3.8) is 0 Å². The first-order valence-electron chi connectivity index (χ1n) is 7.88. The van der Waals surface area contributed by atoms with Crippen molar-refractivity contribution in [1.82, 2.24) is 0 Å². The molecule has 0 aromatic carbocycles. The molecule has 0 aliphatic carbocycles. The van der Waals surface area contributed by atoms with E-state index in [2.05, 4.69) is 58.9 Å². The second kappa shape index (κ2) is 6.86. The molecule has 1 heterocycles. The third-order valence-corrected chi connectivity index (χ3v) is 5.79. The maximum Gasteiger partial charge on any atom is 0.337 e. The van der Waals surface area contributed by atoms with E-state index in [1.165, 1.54) is 0 Å². The summed E-state index contributed by atoms with van der Waals surface area (Å²) in [6, 6.07) is 0. The van der Waals surface area contributed by atoms with Gasteiger partial charge in [0, 0.05) is 0 Å². The highest BCUT2D eigenvalue weighted by Crippen LogP contribution is 2.28. The van der Waals surface area contributed by atoms with Gasteiger partial charge in [0.05, 0.1) is 6.61 Å². The predicted octanol–water partition coefficient (Wildman–Crippen LogP) is 3.20. The van der Waals surface area contributed by atoms with Gasteiger partial charge in [0.25, 0.3) is 0 Å². The summed E-state index contributed by atoms with van der Waals surface area (Å²) in [5, 5.41) is 0. The normalized spacial score (nSPS) is 27.1. The molecule has 0 amide bonds. The van der Waals surface area contributed by atoms with E-state index in [9.17, 15) is 4.79 Å². The highest BCUT2D eigenvalue weighted by Gasteiger charge is 2.49. The molecule has 0 bridgehead atoms. The Kier molecular flexibility index (Phi) is 6.25. The fourth-order valence-electron chi connectivity index (χ4n) is 2.12. The fourth-order valence-corrected chi connectivity index (χ4v) is 4.86. The Labute approximate surface area is 138 Å². The summed E-state index contributed by atoms with van der Waals surface area (Å²) in [5.41, 5.74) is 0. The highest BCUT2D eigenvalue weighted by atomic mass is 28.4. The van der Waals surface area contributed by atoms with Crippen LogP contribution in [0.2, 0.25) is 58.9 Å². The van der Waals surface area contributed by atoms with Gasteiger partial charge in [0.2, 0.25) is 0 Å². The average molecular weight is 365 g/mol. The molecule has 5 nitrogen and oxygen atoms in total. The van der Waals surface area contributed by atoms with Crippen LogP contribution in [0.25, 0.3) is 0 Å². The lowest BCUT2D eigenvalue weighted by Crippen LogP contribution is -2.48. The monoisotopic (exact) mass is 364 g/mol. The summed E-state index contributed by atoms with van der Waals surface area (Å²) in [6.45, 7) is 19.3. The first-order valence-corrected chi connectivity index (χ1v) is 18.1. The lowest BCUT2D eigenvalue weighted by atomic mass is 10.1. The van der Waals surface area contributed by atoms with Crippen molar-refractivity contribution >= 4 is 30.9 Å². The highest BCUT2D eigenvalue weighted by molar-refractivity contribution is 6.70. The second-order valence-electron chi connectivity index (χ2n) is 8.74. The van der Waals surface area contributed by atoms with Crippen molar-refractivity contribution in [1.29, 1.82) is 0 Å². The Balaban J connectivity index is 2.89. The zero-order valence-electron chi connectivity index (χ0n) is 15.5. The Hall–Kier alpha value is 0.000649. The molecule has 1 aliphatic heterocycles. The Bertz CT molecular complexity index is 395. The minimum atomic E-state index is -1.87. The van der Waals surface area contributed by atoms with Crippen LogP contribution >= 0.6 is 0 Å². The number of cyclic esters (lactones) is 1. The maximum atomic E-state index is 12.2. The number of esters is 1. The molecule has 0 saturated carbocycles. The molecule has 0 aromatic rings. The van der Waals surface area contributed by atoms with Gasteiger partial charge in [0.15, 0.2) is 37.2 Å². The van der Waals surface area contributed by atoms with Gasteiger partial charge < -0.3 is 18.0 Å². The van der Waals surface area contributed by atoms with Crippen LogP contribution in [0.1, 0.15) is 0 Å². The minimum absolute atomic E-state index is 0.310. The van der Waals surface area contributed by atoms with Crippen molar-refractivity contribution in [2.45, 2.75) is 77.2 Å². The lowest BCUT2D eigenvalue weighted by molar-refractivity contribution is -0.147. The summed E-state index contributed by atoms with van der Waals surface area (Å²) in [6.07, 6.45) is -1.34. The van der Waals surface area contributed by atoms with Gasteiger partial charge >= 0.3 is 5.97 Å². The summed E-state index contributed by atoms with van der Waals surface area (Å²) in [4.78, 5) is 12.2. The average Bonchev–Trinajstić information content (AvgIpc) is 2.49. The fraction of sp³-hybridized carbons (Fsp3) is 0.929. The SMILES string of the molecule is C[Si](C)(C)OC[C@@H]1OC(=O)[C@H](O[Si](C)(C)C)[C@H]1O[Si](C)(C)C. The summed E-state index contributed by atoms with van der Waals surface area (Å²) >= 11 is 0. The summed E-state index contributed by atoms with van der Waals surface area (Å²) < 4.78 is 23.7. The smallest absolute Gasteiger partial charge is 0.337 e. The van der Waals surface area contributed by atoms with E-state index < -0.39 is 31.1 Å².